The summed E-state index contributed by atoms with van der Waals surface area (Å²) in [6.07, 6.45) is 9.42. The molecule has 1 aromatic heterocycles. The first kappa shape index (κ1) is 20.0. The number of hydrogen-bond acceptors (Lipinski definition) is 5. The number of nitrogens with zero attached hydrogens (tertiary/aromatic N) is 4. The van der Waals surface area contributed by atoms with E-state index < -0.39 is 0 Å². The van der Waals surface area contributed by atoms with Crippen LogP contribution in [0.2, 0.25) is 0 Å². The normalized spacial score (nSPS) is 28.2. The van der Waals surface area contributed by atoms with E-state index in [0.29, 0.717) is 32.1 Å². The summed E-state index contributed by atoms with van der Waals surface area (Å²) in [5.74, 6) is 0.605. The maximum Gasteiger partial charge on any atom is 0.228 e. The van der Waals surface area contributed by atoms with Gasteiger partial charge in [-0.3, -0.25) is 9.59 Å². The lowest BCUT2D eigenvalue weighted by Gasteiger charge is -2.47. The summed E-state index contributed by atoms with van der Waals surface area (Å²) >= 11 is 0. The number of carbonyl (C=O) groups is 2. The molecule has 30 heavy (non-hydrogen) atoms. The summed E-state index contributed by atoms with van der Waals surface area (Å²) in [4.78, 5) is 27.3. The van der Waals surface area contributed by atoms with Crippen LogP contribution in [0.4, 0.5) is 0 Å². The van der Waals surface area contributed by atoms with Crippen LogP contribution in [0, 0.1) is 11.3 Å². The van der Waals surface area contributed by atoms with Gasteiger partial charge in [-0.1, -0.05) is 31.4 Å². The summed E-state index contributed by atoms with van der Waals surface area (Å²) in [6.45, 7) is 5.06. The molecule has 1 unspecified atom stereocenters. The van der Waals surface area contributed by atoms with E-state index in [-0.39, 0.29) is 22.8 Å². The molecule has 8 nitrogen and oxygen atoms in total. The molecule has 164 valence electrons. The van der Waals surface area contributed by atoms with Crippen LogP contribution in [-0.2, 0) is 34.0 Å². The molecule has 1 spiro atoms. The number of fused-ring (bicyclic) bond motifs is 1. The van der Waals surface area contributed by atoms with Gasteiger partial charge in [0.25, 0.3) is 0 Å². The van der Waals surface area contributed by atoms with Crippen LogP contribution in [0.25, 0.3) is 0 Å². The van der Waals surface area contributed by atoms with Gasteiger partial charge in [-0.25, -0.2) is 4.68 Å². The SMILES string of the molecule is CC1(C(=O)N2CCCC3(C2)Cn2nnc(CNC(=O)C4CC4)c2CO3)CCCCC1. The second-order valence-electron chi connectivity index (χ2n) is 10.1. The van der Waals surface area contributed by atoms with Gasteiger partial charge >= 0.3 is 0 Å². The summed E-state index contributed by atoms with van der Waals surface area (Å²) in [7, 11) is 0. The lowest BCUT2D eigenvalue weighted by atomic mass is 9.74. The maximum absolute atomic E-state index is 13.4. The predicted molar refractivity (Wildman–Crippen MR) is 109 cm³/mol. The van der Waals surface area contributed by atoms with Crippen LogP contribution in [0.15, 0.2) is 0 Å². The Kier molecular flexibility index (Phi) is 5.08. The third kappa shape index (κ3) is 3.74. The first-order valence-electron chi connectivity index (χ1n) is 11.6. The smallest absolute Gasteiger partial charge is 0.228 e. The van der Waals surface area contributed by atoms with Crippen molar-refractivity contribution in [2.75, 3.05) is 13.1 Å². The van der Waals surface area contributed by atoms with Gasteiger partial charge in [0.2, 0.25) is 11.8 Å². The fourth-order valence-corrected chi connectivity index (χ4v) is 5.44. The minimum atomic E-state index is -0.381. The summed E-state index contributed by atoms with van der Waals surface area (Å²) in [5, 5.41) is 11.6. The molecule has 2 saturated carbocycles. The van der Waals surface area contributed by atoms with E-state index in [0.717, 1.165) is 69.3 Å². The van der Waals surface area contributed by atoms with Gasteiger partial charge in [-0.2, -0.15) is 0 Å². The Bertz CT molecular complexity index is 827. The fraction of sp³-hybridized carbons (Fsp3) is 0.818. The molecule has 2 amide bonds. The topological polar surface area (TPSA) is 89.4 Å². The molecule has 3 heterocycles. The zero-order valence-corrected chi connectivity index (χ0v) is 18.0. The van der Waals surface area contributed by atoms with Crippen LogP contribution in [-0.4, -0.2) is 50.4 Å². The van der Waals surface area contributed by atoms with Gasteiger partial charge in [0.05, 0.1) is 31.9 Å². The number of hydrogen-bond donors (Lipinski definition) is 1. The predicted octanol–water partition coefficient (Wildman–Crippen LogP) is 2.17. The highest BCUT2D eigenvalue weighted by Crippen LogP contribution is 2.40. The third-order valence-corrected chi connectivity index (χ3v) is 7.55. The van der Waals surface area contributed by atoms with Gasteiger partial charge in [0.1, 0.15) is 11.3 Å². The van der Waals surface area contributed by atoms with Crippen LogP contribution >= 0.6 is 0 Å². The van der Waals surface area contributed by atoms with Gasteiger partial charge in [-0.05, 0) is 38.5 Å². The molecule has 5 rings (SSSR count). The molecule has 0 bridgehead atoms. The number of ether oxygens (including phenoxy) is 1. The van der Waals surface area contributed by atoms with E-state index in [9.17, 15) is 9.59 Å². The number of rotatable bonds is 4. The molecule has 1 N–H and O–H groups in total. The Labute approximate surface area is 177 Å². The van der Waals surface area contributed by atoms with Crippen molar-refractivity contribution in [1.82, 2.24) is 25.2 Å². The van der Waals surface area contributed by atoms with Crippen molar-refractivity contribution in [3.63, 3.8) is 0 Å². The van der Waals surface area contributed by atoms with E-state index in [2.05, 4.69) is 22.6 Å². The first-order chi connectivity index (χ1) is 14.5. The van der Waals surface area contributed by atoms with Crippen LogP contribution in [0.1, 0.15) is 76.1 Å². The summed E-state index contributed by atoms with van der Waals surface area (Å²) < 4.78 is 8.32. The standard InChI is InChI=1S/C22H33N5O3/c1-21(8-3-2-4-9-21)20(29)26-11-5-10-22(14-26)15-27-18(13-30-22)17(24-25-27)12-23-19(28)16-6-7-16/h16H,2-15H2,1H3,(H,23,28). The molecule has 0 radical (unpaired) electrons. The van der Waals surface area contributed by atoms with Crippen molar-refractivity contribution >= 4 is 11.8 Å². The Hall–Kier alpha value is -1.96. The number of nitrogens with one attached hydrogen (secondary N) is 1. The van der Waals surface area contributed by atoms with Crippen molar-refractivity contribution in [1.29, 1.82) is 0 Å². The molecule has 1 aromatic rings. The summed E-state index contributed by atoms with van der Waals surface area (Å²) in [6, 6.07) is 0. The van der Waals surface area contributed by atoms with Gasteiger partial charge in [-0.15, -0.1) is 5.10 Å². The van der Waals surface area contributed by atoms with Crippen molar-refractivity contribution in [2.24, 2.45) is 11.3 Å². The lowest BCUT2D eigenvalue weighted by molar-refractivity contribution is -0.162. The van der Waals surface area contributed by atoms with E-state index >= 15 is 0 Å². The average Bonchev–Trinajstić information content (AvgIpc) is 3.53. The minimum absolute atomic E-state index is 0.114. The first-order valence-corrected chi connectivity index (χ1v) is 11.6. The second kappa shape index (κ2) is 7.62. The largest absolute Gasteiger partial charge is 0.365 e. The molecule has 1 atom stereocenters. The Morgan fingerprint density at radius 2 is 1.93 bits per heavy atom. The maximum atomic E-state index is 13.4. The molecule has 2 aliphatic heterocycles. The van der Waals surface area contributed by atoms with E-state index in [1.807, 2.05) is 9.58 Å². The molecule has 2 aliphatic carbocycles. The molecular weight excluding hydrogens is 382 g/mol. The van der Waals surface area contributed by atoms with Crippen molar-refractivity contribution in [3.8, 4) is 0 Å². The monoisotopic (exact) mass is 415 g/mol. The van der Waals surface area contributed by atoms with Gasteiger partial charge in [0.15, 0.2) is 0 Å². The average molecular weight is 416 g/mol. The van der Waals surface area contributed by atoms with Gasteiger partial charge in [0, 0.05) is 17.9 Å². The second-order valence-corrected chi connectivity index (χ2v) is 10.1. The summed E-state index contributed by atoms with van der Waals surface area (Å²) in [5.41, 5.74) is 1.14. The number of carbonyl (C=O) groups excluding carboxylic acids is 2. The zero-order valence-electron chi connectivity index (χ0n) is 18.0. The molecular formula is C22H33N5O3. The third-order valence-electron chi connectivity index (χ3n) is 7.55. The molecule has 3 fully saturated rings. The number of piperidine rings is 1. The lowest BCUT2D eigenvalue weighted by Crippen LogP contribution is -2.58. The van der Waals surface area contributed by atoms with Crippen molar-refractivity contribution in [3.05, 3.63) is 11.4 Å². The quantitative estimate of drug-likeness (QED) is 0.814. The van der Waals surface area contributed by atoms with Crippen molar-refractivity contribution in [2.45, 2.75) is 90.0 Å². The Morgan fingerprint density at radius 3 is 2.70 bits per heavy atom. The molecule has 4 aliphatic rings. The number of likely N-dealkylation sites (tertiary alicyclic amines) is 1. The van der Waals surface area contributed by atoms with E-state index in [1.165, 1.54) is 6.42 Å². The van der Waals surface area contributed by atoms with E-state index in [1.54, 1.807) is 0 Å². The highest BCUT2D eigenvalue weighted by atomic mass is 16.5. The number of amides is 2. The van der Waals surface area contributed by atoms with Crippen LogP contribution in [0.5, 0.6) is 0 Å². The van der Waals surface area contributed by atoms with Crippen molar-refractivity contribution < 1.29 is 14.3 Å². The Balaban J connectivity index is 1.25. The van der Waals surface area contributed by atoms with Crippen LogP contribution in [0.3, 0.4) is 0 Å². The van der Waals surface area contributed by atoms with Crippen LogP contribution < -0.4 is 5.32 Å². The fourth-order valence-electron chi connectivity index (χ4n) is 5.44. The minimum Gasteiger partial charge on any atom is -0.365 e. The highest BCUT2D eigenvalue weighted by Gasteiger charge is 2.46. The highest BCUT2D eigenvalue weighted by molar-refractivity contribution is 5.82. The zero-order chi connectivity index (χ0) is 20.8. The molecule has 1 saturated heterocycles. The Morgan fingerprint density at radius 1 is 1.13 bits per heavy atom. The van der Waals surface area contributed by atoms with Gasteiger partial charge < -0.3 is 15.0 Å². The van der Waals surface area contributed by atoms with E-state index in [4.69, 9.17) is 4.74 Å². The molecule has 0 aromatic carbocycles. The number of aromatic nitrogens is 3. The molecule has 8 heteroatoms.